The first-order valence-electron chi connectivity index (χ1n) is 6.85. The van der Waals surface area contributed by atoms with Crippen molar-refractivity contribution >= 4 is 5.69 Å². The number of nitrogens with zero attached hydrogens (tertiary/aromatic N) is 2. The van der Waals surface area contributed by atoms with Crippen molar-refractivity contribution in [3.05, 3.63) is 29.3 Å². The van der Waals surface area contributed by atoms with E-state index in [4.69, 9.17) is 5.11 Å². The Kier molecular flexibility index (Phi) is 4.61. The maximum absolute atomic E-state index is 8.85. The number of piperazine rings is 1. The molecule has 100 valence electrons. The van der Waals surface area contributed by atoms with Gasteiger partial charge in [-0.2, -0.15) is 0 Å². The average molecular weight is 248 g/mol. The highest BCUT2D eigenvalue weighted by Gasteiger charge is 2.16. The highest BCUT2D eigenvalue weighted by Crippen LogP contribution is 2.20. The Morgan fingerprint density at radius 2 is 1.61 bits per heavy atom. The van der Waals surface area contributed by atoms with E-state index in [1.54, 1.807) is 0 Å². The Bertz CT molecular complexity index is 364. The quantitative estimate of drug-likeness (QED) is 0.880. The summed E-state index contributed by atoms with van der Waals surface area (Å²) in [6.07, 6.45) is 0.892. The third-order valence-electron chi connectivity index (χ3n) is 3.58. The molecule has 0 atom stereocenters. The fourth-order valence-electron chi connectivity index (χ4n) is 2.66. The molecule has 1 aliphatic heterocycles. The Labute approximate surface area is 110 Å². The summed E-state index contributed by atoms with van der Waals surface area (Å²) in [5.74, 6) is 0. The number of aryl methyl sites for hydroxylation is 2. The minimum absolute atomic E-state index is 0.303. The molecule has 0 amide bonds. The summed E-state index contributed by atoms with van der Waals surface area (Å²) < 4.78 is 0. The second kappa shape index (κ2) is 6.21. The van der Waals surface area contributed by atoms with Crippen LogP contribution in [0.25, 0.3) is 0 Å². The second-order valence-corrected chi connectivity index (χ2v) is 5.25. The van der Waals surface area contributed by atoms with Crippen molar-refractivity contribution in [1.82, 2.24) is 4.90 Å². The van der Waals surface area contributed by atoms with Crippen LogP contribution >= 0.6 is 0 Å². The van der Waals surface area contributed by atoms with Gasteiger partial charge in [0.25, 0.3) is 0 Å². The molecule has 1 saturated heterocycles. The van der Waals surface area contributed by atoms with Crippen molar-refractivity contribution in [2.45, 2.75) is 20.3 Å². The molecule has 0 radical (unpaired) electrons. The van der Waals surface area contributed by atoms with Gasteiger partial charge in [0.05, 0.1) is 0 Å². The van der Waals surface area contributed by atoms with Gasteiger partial charge in [0.1, 0.15) is 0 Å². The number of benzene rings is 1. The van der Waals surface area contributed by atoms with E-state index < -0.39 is 0 Å². The Balaban J connectivity index is 1.92. The zero-order valence-electron chi connectivity index (χ0n) is 11.5. The normalized spacial score (nSPS) is 17.2. The molecule has 1 heterocycles. The summed E-state index contributed by atoms with van der Waals surface area (Å²) in [6.45, 7) is 10.0. The van der Waals surface area contributed by atoms with Gasteiger partial charge in [-0.3, -0.25) is 4.90 Å². The van der Waals surface area contributed by atoms with Gasteiger partial charge in [-0.1, -0.05) is 6.07 Å². The monoisotopic (exact) mass is 248 g/mol. The van der Waals surface area contributed by atoms with E-state index >= 15 is 0 Å². The van der Waals surface area contributed by atoms with Gasteiger partial charge in [0.2, 0.25) is 0 Å². The second-order valence-electron chi connectivity index (χ2n) is 5.25. The zero-order chi connectivity index (χ0) is 13.0. The van der Waals surface area contributed by atoms with Crippen LogP contribution in [0.5, 0.6) is 0 Å². The highest BCUT2D eigenvalue weighted by atomic mass is 16.3. The molecule has 1 N–H and O–H groups in total. The summed E-state index contributed by atoms with van der Waals surface area (Å²) in [5, 5.41) is 8.85. The maximum Gasteiger partial charge on any atom is 0.0443 e. The van der Waals surface area contributed by atoms with Gasteiger partial charge >= 0.3 is 0 Å². The first-order chi connectivity index (χ1) is 8.69. The topological polar surface area (TPSA) is 26.7 Å². The first kappa shape index (κ1) is 13.4. The predicted octanol–water partition coefficient (Wildman–Crippen LogP) is 1.81. The molecule has 18 heavy (non-hydrogen) atoms. The van der Waals surface area contributed by atoms with Crippen LogP contribution in [0, 0.1) is 13.8 Å². The molecule has 2 rings (SSSR count). The number of hydrogen-bond donors (Lipinski definition) is 1. The minimum Gasteiger partial charge on any atom is -0.396 e. The molecular formula is C15H24N2O. The van der Waals surface area contributed by atoms with Crippen LogP contribution in [-0.2, 0) is 0 Å². The molecule has 3 nitrogen and oxygen atoms in total. The lowest BCUT2D eigenvalue weighted by Crippen LogP contribution is -2.46. The SMILES string of the molecule is Cc1cc(C)cc(N2CCN(CCCO)CC2)c1. The summed E-state index contributed by atoms with van der Waals surface area (Å²) >= 11 is 0. The lowest BCUT2D eigenvalue weighted by atomic mass is 10.1. The number of rotatable bonds is 4. The highest BCUT2D eigenvalue weighted by molar-refractivity contribution is 5.51. The molecule has 0 aliphatic carbocycles. The molecule has 1 aromatic rings. The molecule has 1 aliphatic rings. The van der Waals surface area contributed by atoms with Crippen LogP contribution in [0.2, 0.25) is 0 Å². The van der Waals surface area contributed by atoms with Crippen LogP contribution < -0.4 is 4.90 Å². The molecule has 0 unspecified atom stereocenters. The van der Waals surface area contributed by atoms with Crippen LogP contribution in [0.3, 0.4) is 0 Å². The third kappa shape index (κ3) is 3.47. The van der Waals surface area contributed by atoms with Gasteiger partial charge in [-0.15, -0.1) is 0 Å². The summed E-state index contributed by atoms with van der Waals surface area (Å²) in [7, 11) is 0. The van der Waals surface area contributed by atoms with Crippen molar-refractivity contribution in [3.8, 4) is 0 Å². The van der Waals surface area contributed by atoms with Crippen molar-refractivity contribution in [2.24, 2.45) is 0 Å². The van der Waals surface area contributed by atoms with Crippen LogP contribution in [0.1, 0.15) is 17.5 Å². The molecule has 1 fully saturated rings. The summed E-state index contributed by atoms with van der Waals surface area (Å²) in [6, 6.07) is 6.77. The van der Waals surface area contributed by atoms with E-state index in [-0.39, 0.29) is 0 Å². The number of aliphatic hydroxyl groups excluding tert-OH is 1. The fraction of sp³-hybridized carbons (Fsp3) is 0.600. The third-order valence-corrected chi connectivity index (χ3v) is 3.58. The van der Waals surface area contributed by atoms with Crippen molar-refractivity contribution in [3.63, 3.8) is 0 Å². The average Bonchev–Trinajstić information content (AvgIpc) is 2.36. The van der Waals surface area contributed by atoms with E-state index in [0.29, 0.717) is 6.61 Å². The van der Waals surface area contributed by atoms with E-state index in [1.165, 1.54) is 16.8 Å². The Hall–Kier alpha value is -1.06. The number of aliphatic hydroxyl groups is 1. The number of hydrogen-bond acceptors (Lipinski definition) is 3. The van der Waals surface area contributed by atoms with E-state index in [9.17, 15) is 0 Å². The van der Waals surface area contributed by atoms with Crippen LogP contribution in [0.15, 0.2) is 18.2 Å². The lowest BCUT2D eigenvalue weighted by molar-refractivity contribution is 0.216. The van der Waals surface area contributed by atoms with E-state index in [2.05, 4.69) is 41.8 Å². The largest absolute Gasteiger partial charge is 0.396 e. The molecule has 0 spiro atoms. The standard InChI is InChI=1S/C15H24N2O/c1-13-10-14(2)12-15(11-13)17-7-5-16(6-8-17)4-3-9-18/h10-12,18H,3-9H2,1-2H3. The molecular weight excluding hydrogens is 224 g/mol. The fourth-order valence-corrected chi connectivity index (χ4v) is 2.66. The Morgan fingerprint density at radius 1 is 1.00 bits per heavy atom. The summed E-state index contributed by atoms with van der Waals surface area (Å²) in [5.41, 5.74) is 4.04. The van der Waals surface area contributed by atoms with Gasteiger partial charge in [0, 0.05) is 45.0 Å². The molecule has 3 heteroatoms. The van der Waals surface area contributed by atoms with Crippen molar-refractivity contribution in [2.75, 3.05) is 44.2 Å². The molecule has 0 bridgehead atoms. The minimum atomic E-state index is 0.303. The molecule has 0 saturated carbocycles. The van der Waals surface area contributed by atoms with E-state index in [1.807, 2.05) is 0 Å². The van der Waals surface area contributed by atoms with Gasteiger partial charge < -0.3 is 10.0 Å². The first-order valence-corrected chi connectivity index (χ1v) is 6.85. The Morgan fingerprint density at radius 3 is 2.17 bits per heavy atom. The van der Waals surface area contributed by atoms with Gasteiger partial charge in [0.15, 0.2) is 0 Å². The van der Waals surface area contributed by atoms with Gasteiger partial charge in [-0.05, 0) is 43.5 Å². The lowest BCUT2D eigenvalue weighted by Gasteiger charge is -2.36. The van der Waals surface area contributed by atoms with Crippen LogP contribution in [-0.4, -0.2) is 49.3 Å². The van der Waals surface area contributed by atoms with Crippen molar-refractivity contribution in [1.29, 1.82) is 0 Å². The van der Waals surface area contributed by atoms with Gasteiger partial charge in [-0.25, -0.2) is 0 Å². The predicted molar refractivity (Wildman–Crippen MR) is 76.3 cm³/mol. The van der Waals surface area contributed by atoms with Crippen LogP contribution in [0.4, 0.5) is 5.69 Å². The summed E-state index contributed by atoms with van der Waals surface area (Å²) in [4.78, 5) is 4.91. The maximum atomic E-state index is 8.85. The smallest absolute Gasteiger partial charge is 0.0443 e. The van der Waals surface area contributed by atoms with E-state index in [0.717, 1.165) is 39.1 Å². The molecule has 0 aromatic heterocycles. The van der Waals surface area contributed by atoms with Crippen molar-refractivity contribution < 1.29 is 5.11 Å². The zero-order valence-corrected chi connectivity index (χ0v) is 11.5. The number of anilines is 1. The molecule has 1 aromatic carbocycles.